The molecule has 2 heteroatoms. The highest BCUT2D eigenvalue weighted by atomic mass is 19.1. The first-order valence-electron chi connectivity index (χ1n) is 8.00. The third kappa shape index (κ3) is 3.39. The summed E-state index contributed by atoms with van der Waals surface area (Å²) in [5, 5.41) is 0. The van der Waals surface area contributed by atoms with Crippen LogP contribution in [0.15, 0.2) is 11.1 Å². The third-order valence-electron chi connectivity index (χ3n) is 4.86. The topological polar surface area (TPSA) is 3.24 Å². The predicted molar refractivity (Wildman–Crippen MR) is 82.2 cm³/mol. The van der Waals surface area contributed by atoms with Crippen LogP contribution in [0, 0.1) is 11.3 Å². The number of allylic oxidation sites excluding steroid dienone is 2. The Bertz CT molecular complexity index is 311. The Kier molecular flexibility index (Phi) is 6.04. The lowest BCUT2D eigenvalue weighted by Gasteiger charge is -2.48. The second kappa shape index (κ2) is 6.88. The molecule has 2 aliphatic rings. The molecule has 1 spiro atoms. The van der Waals surface area contributed by atoms with Crippen LogP contribution in [-0.4, -0.2) is 31.2 Å². The summed E-state index contributed by atoms with van der Waals surface area (Å²) in [6.45, 7) is 12.8. The molecule has 1 nitrogen and oxygen atoms in total. The molecular weight excluding hydrogens is 237 g/mol. The summed E-state index contributed by atoms with van der Waals surface area (Å²) in [6.07, 6.45) is 3.57. The minimum Gasteiger partial charge on any atom is -0.306 e. The van der Waals surface area contributed by atoms with Gasteiger partial charge in [0.25, 0.3) is 0 Å². The van der Waals surface area contributed by atoms with E-state index in [1.54, 1.807) is 0 Å². The Labute approximate surface area is 119 Å². The van der Waals surface area contributed by atoms with Gasteiger partial charge in [0.2, 0.25) is 0 Å². The smallest absolute Gasteiger partial charge is 0.121 e. The average molecular weight is 269 g/mol. The van der Waals surface area contributed by atoms with Crippen molar-refractivity contribution in [1.29, 1.82) is 0 Å². The quantitative estimate of drug-likeness (QED) is 0.616. The van der Waals surface area contributed by atoms with Crippen LogP contribution in [0.2, 0.25) is 0 Å². The molecule has 0 aromatic carbocycles. The Morgan fingerprint density at radius 1 is 1.16 bits per heavy atom. The fourth-order valence-electron chi connectivity index (χ4n) is 3.97. The van der Waals surface area contributed by atoms with E-state index < -0.39 is 6.17 Å². The number of hydrogen-bond acceptors (Lipinski definition) is 1. The highest BCUT2D eigenvalue weighted by Gasteiger charge is 2.42. The van der Waals surface area contributed by atoms with E-state index in [1.807, 2.05) is 20.8 Å². The van der Waals surface area contributed by atoms with Gasteiger partial charge in [-0.15, -0.1) is 0 Å². The van der Waals surface area contributed by atoms with Crippen LogP contribution in [0.4, 0.5) is 4.39 Å². The summed E-state index contributed by atoms with van der Waals surface area (Å²) in [4.78, 5) is 2.40. The standard InChI is InChI=1S/C15H26FN.C2H6/c1-11(2)14-12(3)13(16)5-6-15(14)7-9-17(4)10-8-15;1-2/h11,13H,5-10H2,1-4H3;1-2H3. The number of nitrogens with zero attached hydrogens (tertiary/aromatic N) is 1. The Morgan fingerprint density at radius 2 is 1.68 bits per heavy atom. The zero-order chi connectivity index (χ0) is 14.6. The van der Waals surface area contributed by atoms with Gasteiger partial charge >= 0.3 is 0 Å². The first-order valence-corrected chi connectivity index (χ1v) is 8.00. The first-order chi connectivity index (χ1) is 8.96. The minimum atomic E-state index is -0.683. The molecule has 1 atom stereocenters. The second-order valence-electron chi connectivity index (χ2n) is 6.34. The molecule has 0 saturated carbocycles. The zero-order valence-corrected chi connectivity index (χ0v) is 13.7. The molecule has 1 saturated heterocycles. The second-order valence-corrected chi connectivity index (χ2v) is 6.34. The molecule has 1 aliphatic carbocycles. The van der Waals surface area contributed by atoms with Crippen molar-refractivity contribution in [3.05, 3.63) is 11.1 Å². The number of rotatable bonds is 1. The largest absolute Gasteiger partial charge is 0.306 e. The number of likely N-dealkylation sites (tertiary alicyclic amines) is 1. The van der Waals surface area contributed by atoms with Crippen LogP contribution in [0.3, 0.4) is 0 Å². The van der Waals surface area contributed by atoms with Gasteiger partial charge in [0.05, 0.1) is 0 Å². The Hall–Kier alpha value is -0.370. The van der Waals surface area contributed by atoms with Crippen LogP contribution in [0.1, 0.15) is 60.3 Å². The maximum atomic E-state index is 13.9. The molecule has 112 valence electrons. The van der Waals surface area contributed by atoms with E-state index in [9.17, 15) is 4.39 Å². The number of halogens is 1. The summed E-state index contributed by atoms with van der Waals surface area (Å²) in [6, 6.07) is 0. The number of alkyl halides is 1. The van der Waals surface area contributed by atoms with Crippen molar-refractivity contribution in [2.24, 2.45) is 11.3 Å². The van der Waals surface area contributed by atoms with Crippen LogP contribution >= 0.6 is 0 Å². The van der Waals surface area contributed by atoms with Crippen molar-refractivity contribution in [3.8, 4) is 0 Å². The lowest BCUT2D eigenvalue weighted by molar-refractivity contribution is 0.111. The molecule has 0 amide bonds. The summed E-state index contributed by atoms with van der Waals surface area (Å²) in [5.74, 6) is 0.497. The molecule has 1 aliphatic heterocycles. The Balaban J connectivity index is 0.000000861. The molecule has 0 aromatic rings. The molecule has 0 radical (unpaired) electrons. The highest BCUT2D eigenvalue weighted by molar-refractivity contribution is 5.29. The summed E-state index contributed by atoms with van der Waals surface area (Å²) >= 11 is 0. The van der Waals surface area contributed by atoms with Gasteiger partial charge in [0.15, 0.2) is 0 Å². The zero-order valence-electron chi connectivity index (χ0n) is 13.7. The van der Waals surface area contributed by atoms with E-state index in [1.165, 1.54) is 31.5 Å². The van der Waals surface area contributed by atoms with Crippen LogP contribution in [0.25, 0.3) is 0 Å². The molecule has 0 aromatic heterocycles. The monoisotopic (exact) mass is 269 g/mol. The molecular formula is C17H32FN. The molecule has 2 rings (SSSR count). The van der Waals surface area contributed by atoms with E-state index in [2.05, 4.69) is 25.8 Å². The van der Waals surface area contributed by atoms with Gasteiger partial charge in [-0.3, -0.25) is 0 Å². The van der Waals surface area contributed by atoms with E-state index in [4.69, 9.17) is 0 Å². The third-order valence-corrected chi connectivity index (χ3v) is 4.86. The SMILES string of the molecule is CC.CC1=C(C(C)C)C2(CCC1F)CCN(C)CC2. The first kappa shape index (κ1) is 16.7. The average Bonchev–Trinajstić information content (AvgIpc) is 2.40. The molecule has 1 unspecified atom stereocenters. The fourth-order valence-corrected chi connectivity index (χ4v) is 3.97. The summed E-state index contributed by atoms with van der Waals surface area (Å²) < 4.78 is 13.9. The van der Waals surface area contributed by atoms with Gasteiger partial charge in [-0.1, -0.05) is 33.3 Å². The van der Waals surface area contributed by atoms with Gasteiger partial charge in [0, 0.05) is 0 Å². The summed E-state index contributed by atoms with van der Waals surface area (Å²) in [5.41, 5.74) is 2.83. The van der Waals surface area contributed by atoms with E-state index in [-0.39, 0.29) is 0 Å². The number of hydrogen-bond donors (Lipinski definition) is 0. The van der Waals surface area contributed by atoms with Crippen LogP contribution in [0.5, 0.6) is 0 Å². The minimum absolute atomic E-state index is 0.327. The lowest BCUT2D eigenvalue weighted by atomic mass is 9.61. The van der Waals surface area contributed by atoms with Crippen molar-refractivity contribution in [3.63, 3.8) is 0 Å². The van der Waals surface area contributed by atoms with Crippen molar-refractivity contribution < 1.29 is 4.39 Å². The molecule has 1 heterocycles. The van der Waals surface area contributed by atoms with Gasteiger partial charge in [0.1, 0.15) is 6.17 Å². The van der Waals surface area contributed by atoms with Crippen molar-refractivity contribution in [2.45, 2.75) is 66.5 Å². The molecule has 0 bridgehead atoms. The van der Waals surface area contributed by atoms with Crippen LogP contribution in [-0.2, 0) is 0 Å². The molecule has 19 heavy (non-hydrogen) atoms. The molecule has 0 N–H and O–H groups in total. The van der Waals surface area contributed by atoms with Gasteiger partial charge in [-0.25, -0.2) is 4.39 Å². The maximum absolute atomic E-state index is 13.9. The van der Waals surface area contributed by atoms with Crippen molar-refractivity contribution in [2.75, 3.05) is 20.1 Å². The van der Waals surface area contributed by atoms with Crippen LogP contribution < -0.4 is 0 Å². The molecule has 1 fully saturated rings. The normalized spacial score (nSPS) is 27.5. The summed E-state index contributed by atoms with van der Waals surface area (Å²) in [7, 11) is 2.19. The van der Waals surface area contributed by atoms with E-state index >= 15 is 0 Å². The number of piperidine rings is 1. The van der Waals surface area contributed by atoms with Gasteiger partial charge in [-0.05, 0) is 69.7 Å². The van der Waals surface area contributed by atoms with Gasteiger partial charge in [-0.2, -0.15) is 0 Å². The Morgan fingerprint density at radius 3 is 2.16 bits per heavy atom. The fraction of sp³-hybridized carbons (Fsp3) is 0.882. The predicted octanol–water partition coefficient (Wildman–Crippen LogP) is 4.83. The van der Waals surface area contributed by atoms with Crippen molar-refractivity contribution in [1.82, 2.24) is 4.90 Å². The van der Waals surface area contributed by atoms with E-state index in [0.717, 1.165) is 18.4 Å². The van der Waals surface area contributed by atoms with Crippen molar-refractivity contribution >= 4 is 0 Å². The lowest BCUT2D eigenvalue weighted by Crippen LogP contribution is -2.43. The highest BCUT2D eigenvalue weighted by Crippen LogP contribution is 2.51. The van der Waals surface area contributed by atoms with Gasteiger partial charge < -0.3 is 4.90 Å². The maximum Gasteiger partial charge on any atom is 0.121 e. The van der Waals surface area contributed by atoms with E-state index in [0.29, 0.717) is 11.3 Å².